The first-order valence-corrected chi connectivity index (χ1v) is 7.19. The molecule has 110 valence electrons. The van der Waals surface area contributed by atoms with E-state index in [0.29, 0.717) is 18.0 Å². The van der Waals surface area contributed by atoms with Crippen molar-refractivity contribution in [2.75, 3.05) is 13.2 Å². The van der Waals surface area contributed by atoms with Gasteiger partial charge in [-0.05, 0) is 12.8 Å². The van der Waals surface area contributed by atoms with Gasteiger partial charge in [0, 0.05) is 18.2 Å². The maximum Gasteiger partial charge on any atom is 0.229 e. The zero-order chi connectivity index (χ0) is 14.7. The van der Waals surface area contributed by atoms with Crippen molar-refractivity contribution < 1.29 is 14.4 Å². The van der Waals surface area contributed by atoms with Crippen LogP contribution in [0.4, 0.5) is 0 Å². The standard InChI is InChI=1S/C16H18N2O3/c19-11-14-7-4-8-18(14)16(20)10-13-9-15(21-17-13)12-5-2-1-3-6-12/h1-3,5-6,9,14,19H,4,7-8,10-11H2/t14-/m1/s1. The van der Waals surface area contributed by atoms with Crippen LogP contribution in [0.25, 0.3) is 11.3 Å². The van der Waals surface area contributed by atoms with Crippen LogP contribution < -0.4 is 0 Å². The Hall–Kier alpha value is -2.14. The van der Waals surface area contributed by atoms with Crippen molar-refractivity contribution >= 4 is 5.91 Å². The Bertz CT molecular complexity index is 609. The molecule has 0 radical (unpaired) electrons. The minimum atomic E-state index is -0.0435. The normalized spacial score (nSPS) is 18.1. The van der Waals surface area contributed by atoms with Gasteiger partial charge >= 0.3 is 0 Å². The predicted octanol–water partition coefficient (Wildman–Crippen LogP) is 1.87. The average molecular weight is 286 g/mol. The maximum absolute atomic E-state index is 12.3. The van der Waals surface area contributed by atoms with Crippen LogP contribution in [-0.4, -0.2) is 40.3 Å². The van der Waals surface area contributed by atoms with Gasteiger partial charge in [-0.25, -0.2) is 0 Å². The number of nitrogens with zero attached hydrogens (tertiary/aromatic N) is 2. The van der Waals surface area contributed by atoms with Crippen LogP contribution in [0, 0.1) is 0 Å². The highest BCUT2D eigenvalue weighted by atomic mass is 16.5. The van der Waals surface area contributed by atoms with Gasteiger partial charge in [-0.1, -0.05) is 35.5 Å². The molecule has 1 aliphatic rings. The molecule has 1 N–H and O–H groups in total. The molecule has 0 bridgehead atoms. The highest BCUT2D eigenvalue weighted by Crippen LogP contribution is 2.22. The molecule has 1 aliphatic heterocycles. The third-order valence-electron chi connectivity index (χ3n) is 3.86. The van der Waals surface area contributed by atoms with Gasteiger partial charge in [0.05, 0.1) is 24.8 Å². The van der Waals surface area contributed by atoms with E-state index in [9.17, 15) is 9.90 Å². The van der Waals surface area contributed by atoms with E-state index < -0.39 is 0 Å². The van der Waals surface area contributed by atoms with Crippen molar-refractivity contribution in [2.24, 2.45) is 0 Å². The summed E-state index contributed by atoms with van der Waals surface area (Å²) < 4.78 is 5.30. The summed E-state index contributed by atoms with van der Waals surface area (Å²) in [7, 11) is 0. The molecule has 1 aromatic heterocycles. The number of carbonyl (C=O) groups is 1. The highest BCUT2D eigenvalue weighted by molar-refractivity contribution is 5.79. The fraction of sp³-hybridized carbons (Fsp3) is 0.375. The molecule has 1 amide bonds. The van der Waals surface area contributed by atoms with Crippen molar-refractivity contribution in [3.05, 3.63) is 42.1 Å². The van der Waals surface area contributed by atoms with E-state index in [1.807, 2.05) is 30.3 Å². The van der Waals surface area contributed by atoms with Crippen molar-refractivity contribution in [2.45, 2.75) is 25.3 Å². The molecule has 5 heteroatoms. The van der Waals surface area contributed by atoms with Crippen molar-refractivity contribution in [3.63, 3.8) is 0 Å². The number of aromatic nitrogens is 1. The second-order valence-corrected chi connectivity index (χ2v) is 5.29. The molecule has 0 saturated carbocycles. The van der Waals surface area contributed by atoms with E-state index in [1.165, 1.54) is 0 Å². The second kappa shape index (κ2) is 6.10. The Morgan fingerprint density at radius 3 is 2.95 bits per heavy atom. The number of hydrogen-bond acceptors (Lipinski definition) is 4. The van der Waals surface area contributed by atoms with Crippen molar-refractivity contribution in [1.29, 1.82) is 0 Å². The Morgan fingerprint density at radius 1 is 1.38 bits per heavy atom. The van der Waals surface area contributed by atoms with Crippen LogP contribution in [0.3, 0.4) is 0 Å². The third-order valence-corrected chi connectivity index (χ3v) is 3.86. The van der Waals surface area contributed by atoms with Crippen molar-refractivity contribution in [3.8, 4) is 11.3 Å². The number of carbonyl (C=O) groups excluding carboxylic acids is 1. The lowest BCUT2D eigenvalue weighted by molar-refractivity contribution is -0.132. The maximum atomic E-state index is 12.3. The molecular formula is C16H18N2O3. The van der Waals surface area contributed by atoms with E-state index in [2.05, 4.69) is 5.16 Å². The summed E-state index contributed by atoms with van der Waals surface area (Å²) in [6.45, 7) is 0.743. The lowest BCUT2D eigenvalue weighted by atomic mass is 10.1. The van der Waals surface area contributed by atoms with Gasteiger partial charge in [-0.15, -0.1) is 0 Å². The van der Waals surface area contributed by atoms with Crippen LogP contribution in [0.1, 0.15) is 18.5 Å². The Balaban J connectivity index is 1.69. The number of likely N-dealkylation sites (tertiary alicyclic amines) is 1. The second-order valence-electron chi connectivity index (χ2n) is 5.29. The van der Waals surface area contributed by atoms with Crippen molar-refractivity contribution in [1.82, 2.24) is 10.1 Å². The van der Waals surface area contributed by atoms with Gasteiger partial charge in [0.15, 0.2) is 5.76 Å². The first-order chi connectivity index (χ1) is 10.3. The van der Waals surface area contributed by atoms with E-state index in [-0.39, 0.29) is 25.0 Å². The molecule has 1 atom stereocenters. The molecule has 3 rings (SSSR count). The van der Waals surface area contributed by atoms with Gasteiger partial charge in [0.2, 0.25) is 5.91 Å². The Kier molecular flexibility index (Phi) is 4.01. The van der Waals surface area contributed by atoms with Crippen LogP contribution in [0.5, 0.6) is 0 Å². The summed E-state index contributed by atoms with van der Waals surface area (Å²) in [5.74, 6) is 0.665. The van der Waals surface area contributed by atoms with Crippen LogP contribution in [-0.2, 0) is 11.2 Å². The average Bonchev–Trinajstić information content (AvgIpc) is 3.16. The summed E-state index contributed by atoms with van der Waals surface area (Å²) in [6.07, 6.45) is 2.04. The quantitative estimate of drug-likeness (QED) is 0.931. The number of aliphatic hydroxyl groups excluding tert-OH is 1. The smallest absolute Gasteiger partial charge is 0.229 e. The molecule has 21 heavy (non-hydrogen) atoms. The third kappa shape index (κ3) is 2.97. The summed E-state index contributed by atoms with van der Waals surface area (Å²) in [5, 5.41) is 13.2. The van der Waals surface area contributed by atoms with E-state index in [0.717, 1.165) is 18.4 Å². The fourth-order valence-corrected chi connectivity index (χ4v) is 2.74. The zero-order valence-corrected chi connectivity index (χ0v) is 11.7. The molecule has 0 unspecified atom stereocenters. The predicted molar refractivity (Wildman–Crippen MR) is 77.5 cm³/mol. The fourth-order valence-electron chi connectivity index (χ4n) is 2.74. The summed E-state index contributed by atoms with van der Waals surface area (Å²) in [4.78, 5) is 14.0. The number of hydrogen-bond donors (Lipinski definition) is 1. The van der Waals surface area contributed by atoms with Gasteiger partial charge in [0.25, 0.3) is 0 Å². The summed E-state index contributed by atoms with van der Waals surface area (Å²) in [5.41, 5.74) is 1.57. The highest BCUT2D eigenvalue weighted by Gasteiger charge is 2.28. The molecule has 0 spiro atoms. The molecule has 1 fully saturated rings. The Morgan fingerprint density at radius 2 is 2.19 bits per heavy atom. The number of rotatable bonds is 4. The molecule has 1 aromatic carbocycles. The van der Waals surface area contributed by atoms with E-state index in [1.54, 1.807) is 11.0 Å². The monoisotopic (exact) mass is 286 g/mol. The summed E-state index contributed by atoms with van der Waals surface area (Å²) >= 11 is 0. The Labute approximate surface area is 123 Å². The molecule has 5 nitrogen and oxygen atoms in total. The number of benzene rings is 1. The van der Waals surface area contributed by atoms with Crippen LogP contribution in [0.15, 0.2) is 40.9 Å². The SMILES string of the molecule is O=C(Cc1cc(-c2ccccc2)on1)N1CCC[C@@H]1CO. The minimum absolute atomic E-state index is 0.000498. The molecule has 0 aliphatic carbocycles. The first kappa shape index (κ1) is 13.8. The number of amides is 1. The first-order valence-electron chi connectivity index (χ1n) is 7.19. The van der Waals surface area contributed by atoms with Gasteiger partial charge < -0.3 is 14.5 Å². The van der Waals surface area contributed by atoms with E-state index >= 15 is 0 Å². The lowest BCUT2D eigenvalue weighted by Crippen LogP contribution is -2.38. The number of aliphatic hydroxyl groups is 1. The summed E-state index contributed by atoms with van der Waals surface area (Å²) in [6, 6.07) is 11.4. The van der Waals surface area contributed by atoms with Gasteiger partial charge in [-0.3, -0.25) is 4.79 Å². The van der Waals surface area contributed by atoms with Crippen LogP contribution in [0.2, 0.25) is 0 Å². The van der Waals surface area contributed by atoms with Gasteiger partial charge in [-0.2, -0.15) is 0 Å². The molecular weight excluding hydrogens is 268 g/mol. The molecule has 2 aromatic rings. The topological polar surface area (TPSA) is 66.6 Å². The van der Waals surface area contributed by atoms with Gasteiger partial charge in [0.1, 0.15) is 0 Å². The zero-order valence-electron chi connectivity index (χ0n) is 11.7. The lowest BCUT2D eigenvalue weighted by Gasteiger charge is -2.22. The molecule has 2 heterocycles. The minimum Gasteiger partial charge on any atom is -0.394 e. The van der Waals surface area contributed by atoms with E-state index in [4.69, 9.17) is 4.52 Å². The van der Waals surface area contributed by atoms with Crippen LogP contribution >= 0.6 is 0 Å². The molecule has 1 saturated heterocycles. The largest absolute Gasteiger partial charge is 0.394 e.